The van der Waals surface area contributed by atoms with Gasteiger partial charge in [-0.3, -0.25) is 4.79 Å². The van der Waals surface area contributed by atoms with Crippen LogP contribution in [0.3, 0.4) is 0 Å². The molecule has 3 rings (SSSR count). The molecule has 2 aromatic carbocycles. The predicted molar refractivity (Wildman–Crippen MR) is 108 cm³/mol. The van der Waals surface area contributed by atoms with Crippen molar-refractivity contribution in [3.63, 3.8) is 0 Å². The van der Waals surface area contributed by atoms with Crippen LogP contribution >= 0.6 is 0 Å². The summed E-state index contributed by atoms with van der Waals surface area (Å²) in [5.41, 5.74) is 1.97. The standard InChI is InChI=1S/C22H21N3O4/c1-17(29-20-13-8-14-23-21(20)25(27)28)22(26)24(15-18-9-4-2-5-10-18)16-19-11-6-3-7-12-19/h2-14,17H,15-16H2,1H3. The number of rotatable bonds is 8. The summed E-state index contributed by atoms with van der Waals surface area (Å²) in [6.07, 6.45) is 0.402. The van der Waals surface area contributed by atoms with E-state index in [1.54, 1.807) is 11.8 Å². The summed E-state index contributed by atoms with van der Waals surface area (Å²) in [5.74, 6) is -0.710. The Hall–Kier alpha value is -3.74. The van der Waals surface area contributed by atoms with E-state index in [1.807, 2.05) is 60.7 Å². The Morgan fingerprint density at radius 2 is 1.55 bits per heavy atom. The van der Waals surface area contributed by atoms with Crippen LogP contribution in [0.1, 0.15) is 18.1 Å². The van der Waals surface area contributed by atoms with E-state index in [1.165, 1.54) is 18.3 Å². The largest absolute Gasteiger partial charge is 0.473 e. The number of nitro groups is 1. The molecular weight excluding hydrogens is 370 g/mol. The molecule has 0 aliphatic carbocycles. The SMILES string of the molecule is CC(Oc1cccnc1[N+](=O)[O-])C(=O)N(Cc1ccccc1)Cc1ccccc1. The van der Waals surface area contributed by atoms with Crippen molar-refractivity contribution in [3.8, 4) is 5.75 Å². The van der Waals surface area contributed by atoms with Crippen molar-refractivity contribution in [1.82, 2.24) is 9.88 Å². The van der Waals surface area contributed by atoms with Crippen molar-refractivity contribution >= 4 is 11.7 Å². The number of pyridine rings is 1. The average molecular weight is 391 g/mol. The lowest BCUT2D eigenvalue weighted by atomic mass is 10.1. The Balaban J connectivity index is 1.80. The van der Waals surface area contributed by atoms with Crippen LogP contribution in [0.2, 0.25) is 0 Å². The van der Waals surface area contributed by atoms with Gasteiger partial charge in [-0.05, 0) is 40.1 Å². The van der Waals surface area contributed by atoms with Crippen molar-refractivity contribution < 1.29 is 14.5 Å². The molecule has 1 heterocycles. The van der Waals surface area contributed by atoms with Crippen LogP contribution in [0.25, 0.3) is 0 Å². The van der Waals surface area contributed by atoms with Gasteiger partial charge in [0.05, 0.1) is 0 Å². The molecule has 0 N–H and O–H groups in total. The highest BCUT2D eigenvalue weighted by molar-refractivity contribution is 5.81. The van der Waals surface area contributed by atoms with E-state index in [4.69, 9.17) is 4.74 Å². The van der Waals surface area contributed by atoms with Crippen LogP contribution in [-0.2, 0) is 17.9 Å². The van der Waals surface area contributed by atoms with E-state index in [0.717, 1.165) is 11.1 Å². The zero-order valence-electron chi connectivity index (χ0n) is 16.0. The Bertz CT molecular complexity index is 923. The lowest BCUT2D eigenvalue weighted by molar-refractivity contribution is -0.390. The van der Waals surface area contributed by atoms with Gasteiger partial charge in [0.2, 0.25) is 5.75 Å². The van der Waals surface area contributed by atoms with Crippen molar-refractivity contribution in [2.24, 2.45) is 0 Å². The first-order chi connectivity index (χ1) is 14.0. The zero-order chi connectivity index (χ0) is 20.6. The molecule has 1 amide bonds. The monoisotopic (exact) mass is 391 g/mol. The summed E-state index contributed by atoms with van der Waals surface area (Å²) in [4.78, 5) is 29.1. The average Bonchev–Trinajstić information content (AvgIpc) is 2.74. The van der Waals surface area contributed by atoms with Crippen molar-refractivity contribution in [2.75, 3.05) is 0 Å². The van der Waals surface area contributed by atoms with Gasteiger partial charge in [0.1, 0.15) is 6.20 Å². The molecule has 0 spiro atoms. The Morgan fingerprint density at radius 1 is 1.00 bits per heavy atom. The summed E-state index contributed by atoms with van der Waals surface area (Å²) < 4.78 is 5.63. The molecule has 0 saturated carbocycles. The number of hydrogen-bond donors (Lipinski definition) is 0. The van der Waals surface area contributed by atoms with E-state index in [0.29, 0.717) is 13.1 Å². The molecule has 148 valence electrons. The number of aromatic nitrogens is 1. The van der Waals surface area contributed by atoms with Gasteiger partial charge in [-0.15, -0.1) is 0 Å². The number of amides is 1. The number of ether oxygens (including phenoxy) is 1. The Kier molecular flexibility index (Phi) is 6.52. The van der Waals surface area contributed by atoms with Gasteiger partial charge in [-0.1, -0.05) is 60.7 Å². The number of carbonyl (C=O) groups excluding carboxylic acids is 1. The molecule has 0 bridgehead atoms. The number of nitrogens with zero attached hydrogens (tertiary/aromatic N) is 3. The van der Waals surface area contributed by atoms with E-state index in [-0.39, 0.29) is 11.7 Å². The molecule has 7 heteroatoms. The highest BCUT2D eigenvalue weighted by Crippen LogP contribution is 2.25. The van der Waals surface area contributed by atoms with E-state index >= 15 is 0 Å². The maximum Gasteiger partial charge on any atom is 0.406 e. The summed E-state index contributed by atoms with van der Waals surface area (Å²) in [5, 5.41) is 11.2. The van der Waals surface area contributed by atoms with Gasteiger partial charge in [0, 0.05) is 13.1 Å². The second-order valence-electron chi connectivity index (χ2n) is 6.51. The van der Waals surface area contributed by atoms with Gasteiger partial charge >= 0.3 is 5.82 Å². The van der Waals surface area contributed by atoms with E-state index in [9.17, 15) is 14.9 Å². The Labute approximate surface area is 168 Å². The second-order valence-corrected chi connectivity index (χ2v) is 6.51. The quantitative estimate of drug-likeness (QED) is 0.428. The third kappa shape index (κ3) is 5.38. The molecule has 1 atom stereocenters. The fraction of sp³-hybridized carbons (Fsp3) is 0.182. The maximum atomic E-state index is 13.1. The molecule has 0 aliphatic rings. The molecule has 7 nitrogen and oxygen atoms in total. The molecule has 0 radical (unpaired) electrons. The highest BCUT2D eigenvalue weighted by atomic mass is 16.6. The van der Waals surface area contributed by atoms with E-state index in [2.05, 4.69) is 4.98 Å². The zero-order valence-corrected chi connectivity index (χ0v) is 16.0. The summed E-state index contributed by atoms with van der Waals surface area (Å²) >= 11 is 0. The van der Waals surface area contributed by atoms with Crippen molar-refractivity contribution in [2.45, 2.75) is 26.1 Å². The first-order valence-corrected chi connectivity index (χ1v) is 9.17. The normalized spacial score (nSPS) is 11.5. The molecule has 1 aromatic heterocycles. The van der Waals surface area contributed by atoms with Crippen molar-refractivity contribution in [1.29, 1.82) is 0 Å². The van der Waals surface area contributed by atoms with Crippen LogP contribution < -0.4 is 4.74 Å². The third-order valence-corrected chi connectivity index (χ3v) is 4.32. The number of benzene rings is 2. The minimum absolute atomic E-state index is 0.0299. The lowest BCUT2D eigenvalue weighted by Crippen LogP contribution is -2.39. The first kappa shape index (κ1) is 20.0. The predicted octanol–water partition coefficient (Wildman–Crippen LogP) is 3.99. The topological polar surface area (TPSA) is 85.6 Å². The van der Waals surface area contributed by atoms with Gasteiger partial charge in [0.25, 0.3) is 5.91 Å². The van der Waals surface area contributed by atoms with Crippen molar-refractivity contribution in [3.05, 3.63) is 100 Å². The molecule has 0 fully saturated rings. The molecule has 3 aromatic rings. The molecular formula is C22H21N3O4. The molecule has 0 saturated heterocycles. The fourth-order valence-electron chi connectivity index (χ4n) is 2.93. The smallest absolute Gasteiger partial charge is 0.406 e. The van der Waals surface area contributed by atoms with E-state index < -0.39 is 16.8 Å². The molecule has 29 heavy (non-hydrogen) atoms. The Morgan fingerprint density at radius 3 is 2.07 bits per heavy atom. The highest BCUT2D eigenvalue weighted by Gasteiger charge is 2.26. The summed E-state index contributed by atoms with van der Waals surface area (Å²) in [7, 11) is 0. The minimum Gasteiger partial charge on any atom is -0.473 e. The van der Waals surface area contributed by atoms with Gasteiger partial charge in [-0.25, -0.2) is 0 Å². The van der Waals surface area contributed by atoms with Gasteiger partial charge < -0.3 is 19.8 Å². The summed E-state index contributed by atoms with van der Waals surface area (Å²) in [6, 6.07) is 22.3. The first-order valence-electron chi connectivity index (χ1n) is 9.17. The van der Waals surface area contributed by atoms with Gasteiger partial charge in [0.15, 0.2) is 6.10 Å². The summed E-state index contributed by atoms with van der Waals surface area (Å²) in [6.45, 7) is 2.39. The second kappa shape index (κ2) is 9.45. The van der Waals surface area contributed by atoms with Crippen LogP contribution in [0.15, 0.2) is 79.0 Å². The van der Waals surface area contributed by atoms with Crippen LogP contribution in [-0.4, -0.2) is 26.8 Å². The number of hydrogen-bond acceptors (Lipinski definition) is 5. The number of carbonyl (C=O) groups is 1. The van der Waals surface area contributed by atoms with Crippen LogP contribution in [0.4, 0.5) is 5.82 Å². The lowest BCUT2D eigenvalue weighted by Gasteiger charge is -2.26. The third-order valence-electron chi connectivity index (χ3n) is 4.32. The fourth-order valence-corrected chi connectivity index (χ4v) is 2.93. The van der Waals surface area contributed by atoms with Crippen LogP contribution in [0, 0.1) is 10.1 Å². The molecule has 0 aliphatic heterocycles. The van der Waals surface area contributed by atoms with Crippen LogP contribution in [0.5, 0.6) is 5.75 Å². The maximum absolute atomic E-state index is 13.1. The van der Waals surface area contributed by atoms with Gasteiger partial charge in [-0.2, -0.15) is 0 Å². The minimum atomic E-state index is -0.912. The molecule has 1 unspecified atom stereocenters.